The highest BCUT2D eigenvalue weighted by Crippen LogP contribution is 2.31. The maximum atomic E-state index is 12.9. The van der Waals surface area contributed by atoms with E-state index in [1.807, 2.05) is 0 Å². The Labute approximate surface area is 168 Å². The summed E-state index contributed by atoms with van der Waals surface area (Å²) in [5, 5.41) is 2.79. The number of hydrogen-bond acceptors (Lipinski definition) is 6. The number of ether oxygens (including phenoxy) is 3. The van der Waals surface area contributed by atoms with Gasteiger partial charge in [-0.2, -0.15) is 0 Å². The SMILES string of the molecule is COc1ccc(C(=O)OCC(=O)N2c3ccccc3NC(=O)C[C@@H]2C)c(OC)c1. The Morgan fingerprint density at radius 2 is 1.90 bits per heavy atom. The van der Waals surface area contributed by atoms with E-state index in [1.165, 1.54) is 25.2 Å². The summed E-state index contributed by atoms with van der Waals surface area (Å²) in [6.07, 6.45) is 0.140. The topological polar surface area (TPSA) is 94.2 Å². The Morgan fingerprint density at radius 3 is 2.62 bits per heavy atom. The van der Waals surface area contributed by atoms with Crippen molar-refractivity contribution in [2.75, 3.05) is 31.0 Å². The molecule has 0 aliphatic carbocycles. The number of benzene rings is 2. The van der Waals surface area contributed by atoms with Crippen molar-refractivity contribution in [3.8, 4) is 11.5 Å². The molecule has 1 aliphatic heterocycles. The van der Waals surface area contributed by atoms with E-state index < -0.39 is 18.5 Å². The van der Waals surface area contributed by atoms with Crippen LogP contribution in [0.5, 0.6) is 11.5 Å². The lowest BCUT2D eigenvalue weighted by Gasteiger charge is -2.27. The third-order valence-electron chi connectivity index (χ3n) is 4.58. The number of carbonyl (C=O) groups is 3. The number of nitrogens with one attached hydrogen (secondary N) is 1. The highest BCUT2D eigenvalue weighted by atomic mass is 16.5. The molecule has 0 saturated carbocycles. The number of carbonyl (C=O) groups excluding carboxylic acids is 3. The van der Waals surface area contributed by atoms with E-state index in [0.29, 0.717) is 17.1 Å². The summed E-state index contributed by atoms with van der Waals surface area (Å²) in [6.45, 7) is 1.30. The predicted molar refractivity (Wildman–Crippen MR) is 106 cm³/mol. The van der Waals surface area contributed by atoms with Crippen LogP contribution in [0.4, 0.5) is 11.4 Å². The maximum Gasteiger partial charge on any atom is 0.342 e. The average molecular weight is 398 g/mol. The molecule has 2 amide bonds. The van der Waals surface area contributed by atoms with Crippen molar-refractivity contribution >= 4 is 29.2 Å². The van der Waals surface area contributed by atoms with Gasteiger partial charge in [0, 0.05) is 18.5 Å². The Bertz CT molecular complexity index is 943. The second-order valence-corrected chi connectivity index (χ2v) is 6.52. The van der Waals surface area contributed by atoms with Gasteiger partial charge in [-0.25, -0.2) is 4.79 Å². The Hall–Kier alpha value is -3.55. The summed E-state index contributed by atoms with van der Waals surface area (Å²) in [4.78, 5) is 38.9. The first-order valence-corrected chi connectivity index (χ1v) is 9.04. The van der Waals surface area contributed by atoms with Crippen LogP contribution in [-0.2, 0) is 14.3 Å². The second kappa shape index (κ2) is 8.64. The van der Waals surface area contributed by atoms with Gasteiger partial charge in [0.25, 0.3) is 5.91 Å². The van der Waals surface area contributed by atoms with Crippen LogP contribution in [0.2, 0.25) is 0 Å². The fourth-order valence-electron chi connectivity index (χ4n) is 3.21. The van der Waals surface area contributed by atoms with Crippen LogP contribution in [0.3, 0.4) is 0 Å². The molecule has 0 spiro atoms. The van der Waals surface area contributed by atoms with E-state index in [4.69, 9.17) is 14.2 Å². The van der Waals surface area contributed by atoms with Gasteiger partial charge in [-0.1, -0.05) is 12.1 Å². The minimum absolute atomic E-state index is 0.140. The molecular weight excluding hydrogens is 376 g/mol. The number of methoxy groups -OCH3 is 2. The summed E-state index contributed by atoms with van der Waals surface area (Å²) in [5.74, 6) is -0.489. The van der Waals surface area contributed by atoms with Crippen molar-refractivity contribution in [1.29, 1.82) is 0 Å². The second-order valence-electron chi connectivity index (χ2n) is 6.52. The standard InChI is InChI=1S/C21H22N2O6/c1-13-10-19(24)22-16-6-4-5-7-17(16)23(13)20(25)12-29-21(26)15-9-8-14(27-2)11-18(15)28-3/h4-9,11,13H,10,12H2,1-3H3,(H,22,24)/t13-/m0/s1. The normalized spacial score (nSPS) is 15.6. The van der Waals surface area contributed by atoms with Crippen molar-refractivity contribution in [1.82, 2.24) is 0 Å². The van der Waals surface area contributed by atoms with E-state index in [9.17, 15) is 14.4 Å². The Kier molecular flexibility index (Phi) is 6.01. The molecule has 152 valence electrons. The highest BCUT2D eigenvalue weighted by Gasteiger charge is 2.30. The van der Waals surface area contributed by atoms with E-state index in [-0.39, 0.29) is 29.7 Å². The van der Waals surface area contributed by atoms with E-state index in [0.717, 1.165) is 0 Å². The molecular formula is C21H22N2O6. The molecule has 0 bridgehead atoms. The fourth-order valence-corrected chi connectivity index (χ4v) is 3.21. The van der Waals surface area contributed by atoms with Gasteiger partial charge in [0.2, 0.25) is 5.91 Å². The van der Waals surface area contributed by atoms with Crippen molar-refractivity contribution in [3.63, 3.8) is 0 Å². The van der Waals surface area contributed by atoms with Crippen LogP contribution >= 0.6 is 0 Å². The van der Waals surface area contributed by atoms with Crippen molar-refractivity contribution < 1.29 is 28.6 Å². The molecule has 0 aromatic heterocycles. The monoisotopic (exact) mass is 398 g/mol. The molecule has 0 saturated heterocycles. The van der Waals surface area contributed by atoms with Crippen molar-refractivity contribution in [3.05, 3.63) is 48.0 Å². The van der Waals surface area contributed by atoms with Gasteiger partial charge in [-0.05, 0) is 31.2 Å². The summed E-state index contributed by atoms with van der Waals surface area (Å²) in [7, 11) is 2.93. The molecule has 1 N–H and O–H groups in total. The van der Waals surface area contributed by atoms with E-state index >= 15 is 0 Å². The first-order chi connectivity index (χ1) is 13.9. The third kappa shape index (κ3) is 4.31. The molecule has 29 heavy (non-hydrogen) atoms. The summed E-state index contributed by atoms with van der Waals surface area (Å²) < 4.78 is 15.5. The van der Waals surface area contributed by atoms with Gasteiger partial charge in [0.05, 0.1) is 25.6 Å². The molecule has 0 fully saturated rings. The quantitative estimate of drug-likeness (QED) is 0.778. The summed E-state index contributed by atoms with van der Waals surface area (Å²) in [6, 6.07) is 11.3. The lowest BCUT2D eigenvalue weighted by Crippen LogP contribution is -2.41. The van der Waals surface area contributed by atoms with Gasteiger partial charge in [0.15, 0.2) is 6.61 Å². The molecule has 8 heteroatoms. The van der Waals surface area contributed by atoms with Crippen molar-refractivity contribution in [2.24, 2.45) is 0 Å². The number of esters is 1. The average Bonchev–Trinajstić information content (AvgIpc) is 2.85. The largest absolute Gasteiger partial charge is 0.497 e. The Morgan fingerprint density at radius 1 is 1.14 bits per heavy atom. The van der Waals surface area contributed by atoms with Gasteiger partial charge in [-0.3, -0.25) is 9.59 Å². The first kappa shape index (κ1) is 20.2. The minimum Gasteiger partial charge on any atom is -0.497 e. The van der Waals surface area contributed by atoms with Crippen LogP contribution in [0.15, 0.2) is 42.5 Å². The van der Waals surface area contributed by atoms with Crippen LogP contribution in [0, 0.1) is 0 Å². The molecule has 3 rings (SSSR count). The molecule has 2 aromatic carbocycles. The minimum atomic E-state index is -0.692. The lowest BCUT2D eigenvalue weighted by molar-refractivity contribution is -0.122. The van der Waals surface area contributed by atoms with Gasteiger partial charge >= 0.3 is 5.97 Å². The smallest absolute Gasteiger partial charge is 0.342 e. The summed E-state index contributed by atoms with van der Waals surface area (Å²) in [5.41, 5.74) is 1.29. The molecule has 0 radical (unpaired) electrons. The number of hydrogen-bond donors (Lipinski definition) is 1. The van der Waals surface area contributed by atoms with Crippen LogP contribution in [-0.4, -0.2) is 44.7 Å². The van der Waals surface area contributed by atoms with Crippen LogP contribution < -0.4 is 19.7 Å². The molecule has 8 nitrogen and oxygen atoms in total. The van der Waals surface area contributed by atoms with Gasteiger partial charge < -0.3 is 24.4 Å². The van der Waals surface area contributed by atoms with Crippen LogP contribution in [0.25, 0.3) is 0 Å². The summed E-state index contributed by atoms with van der Waals surface area (Å²) >= 11 is 0. The van der Waals surface area contributed by atoms with Gasteiger partial charge in [0.1, 0.15) is 17.1 Å². The zero-order chi connectivity index (χ0) is 21.0. The number of para-hydroxylation sites is 2. The zero-order valence-corrected chi connectivity index (χ0v) is 16.4. The maximum absolute atomic E-state index is 12.9. The van der Waals surface area contributed by atoms with E-state index in [1.54, 1.807) is 43.3 Å². The first-order valence-electron chi connectivity index (χ1n) is 9.04. The lowest BCUT2D eigenvalue weighted by atomic mass is 10.1. The number of nitrogens with zero attached hydrogens (tertiary/aromatic N) is 1. The zero-order valence-electron chi connectivity index (χ0n) is 16.4. The molecule has 1 heterocycles. The number of amides is 2. The molecule has 1 aliphatic rings. The highest BCUT2D eigenvalue weighted by molar-refractivity contribution is 6.05. The third-order valence-corrected chi connectivity index (χ3v) is 4.58. The Balaban J connectivity index is 1.77. The van der Waals surface area contributed by atoms with E-state index in [2.05, 4.69) is 5.32 Å². The van der Waals surface area contributed by atoms with Gasteiger partial charge in [-0.15, -0.1) is 0 Å². The number of rotatable bonds is 5. The van der Waals surface area contributed by atoms with Crippen LogP contribution in [0.1, 0.15) is 23.7 Å². The fraction of sp³-hybridized carbons (Fsp3) is 0.286. The predicted octanol–water partition coefficient (Wildman–Crippen LogP) is 2.62. The number of fused-ring (bicyclic) bond motifs is 1. The molecule has 1 atom stereocenters. The number of anilines is 2. The molecule has 0 unspecified atom stereocenters. The van der Waals surface area contributed by atoms with Crippen molar-refractivity contribution in [2.45, 2.75) is 19.4 Å². The molecule has 2 aromatic rings.